The van der Waals surface area contributed by atoms with E-state index in [1.807, 2.05) is 17.0 Å². The summed E-state index contributed by atoms with van der Waals surface area (Å²) in [5.41, 5.74) is 1.61. The molecular weight excluding hydrogens is 527 g/mol. The molecule has 4 rings (SSSR count). The standard InChI is InChI=1S/C23H28Cl2N6O4S/c1-2-35-23(34)31-11-9-30(10-12-31)22(33)27-21-26-16(15-36-21)13-20(32)29-7-5-28(6-8-29)17-3-4-18(24)19(25)14-17/h3-4,14-15H,2,5-13H2,1H3,(H,26,27,33). The summed E-state index contributed by atoms with van der Waals surface area (Å²) in [7, 11) is 0. The fourth-order valence-corrected chi connectivity index (χ4v) is 5.08. The molecule has 0 radical (unpaired) electrons. The van der Waals surface area contributed by atoms with Gasteiger partial charge in [-0.2, -0.15) is 0 Å². The third-order valence-electron chi connectivity index (χ3n) is 6.09. The normalized spacial score (nSPS) is 16.2. The largest absolute Gasteiger partial charge is 0.450 e. The second-order valence-electron chi connectivity index (χ2n) is 8.39. The van der Waals surface area contributed by atoms with Gasteiger partial charge in [0.1, 0.15) is 0 Å². The maximum Gasteiger partial charge on any atom is 0.409 e. The van der Waals surface area contributed by atoms with Crippen molar-refractivity contribution in [3.63, 3.8) is 0 Å². The number of rotatable bonds is 5. The zero-order chi connectivity index (χ0) is 25.7. The molecule has 2 aromatic rings. The summed E-state index contributed by atoms with van der Waals surface area (Å²) in [4.78, 5) is 48.9. The highest BCUT2D eigenvalue weighted by Gasteiger charge is 2.26. The van der Waals surface area contributed by atoms with Gasteiger partial charge in [-0.3, -0.25) is 10.1 Å². The number of anilines is 2. The molecule has 1 aromatic carbocycles. The van der Waals surface area contributed by atoms with E-state index in [0.29, 0.717) is 79.8 Å². The van der Waals surface area contributed by atoms with Crippen LogP contribution in [0.4, 0.5) is 20.4 Å². The van der Waals surface area contributed by atoms with E-state index in [2.05, 4.69) is 15.2 Å². The van der Waals surface area contributed by atoms with Crippen LogP contribution in [0.5, 0.6) is 0 Å². The Morgan fingerprint density at radius 1 is 0.972 bits per heavy atom. The minimum Gasteiger partial charge on any atom is -0.450 e. The Kier molecular flexibility index (Phi) is 8.76. The number of thiazole rings is 1. The van der Waals surface area contributed by atoms with E-state index in [-0.39, 0.29) is 24.5 Å². The third kappa shape index (κ3) is 6.51. The Balaban J connectivity index is 1.22. The molecule has 0 bridgehead atoms. The number of aromatic nitrogens is 1. The molecule has 0 unspecified atom stereocenters. The summed E-state index contributed by atoms with van der Waals surface area (Å²) >= 11 is 13.4. The maximum atomic E-state index is 12.8. The molecule has 10 nitrogen and oxygen atoms in total. The van der Waals surface area contributed by atoms with Gasteiger partial charge in [-0.15, -0.1) is 11.3 Å². The van der Waals surface area contributed by atoms with Crippen LogP contribution in [0.25, 0.3) is 0 Å². The first-order chi connectivity index (χ1) is 17.3. The molecule has 3 heterocycles. The van der Waals surface area contributed by atoms with Crippen LogP contribution in [-0.4, -0.2) is 96.7 Å². The summed E-state index contributed by atoms with van der Waals surface area (Å²) in [5, 5.41) is 6.06. The Morgan fingerprint density at radius 2 is 1.64 bits per heavy atom. The van der Waals surface area contributed by atoms with Crippen molar-refractivity contribution in [2.45, 2.75) is 13.3 Å². The maximum absolute atomic E-state index is 12.8. The first-order valence-corrected chi connectivity index (χ1v) is 13.4. The molecule has 4 amide bonds. The molecule has 0 atom stereocenters. The zero-order valence-corrected chi connectivity index (χ0v) is 22.2. The molecule has 2 fully saturated rings. The first kappa shape index (κ1) is 26.3. The molecule has 0 spiro atoms. The number of carbonyl (C=O) groups excluding carboxylic acids is 3. The number of ether oxygens (including phenoxy) is 1. The fraction of sp³-hybridized carbons (Fsp3) is 0.478. The molecule has 0 saturated carbocycles. The predicted octanol–water partition coefficient (Wildman–Crippen LogP) is 3.65. The summed E-state index contributed by atoms with van der Waals surface area (Å²) in [6, 6.07) is 5.27. The van der Waals surface area contributed by atoms with Crippen LogP contribution in [-0.2, 0) is 16.0 Å². The van der Waals surface area contributed by atoms with E-state index >= 15 is 0 Å². The van der Waals surface area contributed by atoms with E-state index in [4.69, 9.17) is 27.9 Å². The van der Waals surface area contributed by atoms with E-state index < -0.39 is 0 Å². The molecule has 1 N–H and O–H groups in total. The molecule has 36 heavy (non-hydrogen) atoms. The Morgan fingerprint density at radius 3 is 2.31 bits per heavy atom. The minimum absolute atomic E-state index is 0.00190. The number of nitrogens with zero attached hydrogens (tertiary/aromatic N) is 5. The van der Waals surface area contributed by atoms with Crippen LogP contribution in [0.1, 0.15) is 12.6 Å². The predicted molar refractivity (Wildman–Crippen MR) is 140 cm³/mol. The second-order valence-corrected chi connectivity index (χ2v) is 10.1. The van der Waals surface area contributed by atoms with Gasteiger partial charge in [0, 0.05) is 63.4 Å². The van der Waals surface area contributed by atoms with Gasteiger partial charge in [0.2, 0.25) is 5.91 Å². The van der Waals surface area contributed by atoms with Crippen LogP contribution in [0, 0.1) is 0 Å². The van der Waals surface area contributed by atoms with Gasteiger partial charge in [-0.1, -0.05) is 23.2 Å². The van der Waals surface area contributed by atoms with Gasteiger partial charge >= 0.3 is 12.1 Å². The number of hydrogen-bond donors (Lipinski definition) is 1. The van der Waals surface area contributed by atoms with Crippen LogP contribution in [0.15, 0.2) is 23.6 Å². The number of halogens is 2. The van der Waals surface area contributed by atoms with Crippen molar-refractivity contribution in [3.8, 4) is 0 Å². The molecule has 2 aliphatic rings. The molecule has 13 heteroatoms. The molecule has 2 saturated heterocycles. The zero-order valence-electron chi connectivity index (χ0n) is 19.9. The Hall–Kier alpha value is -2.76. The molecular formula is C23H28Cl2N6O4S. The van der Waals surface area contributed by atoms with Crippen LogP contribution in [0.3, 0.4) is 0 Å². The van der Waals surface area contributed by atoms with Crippen molar-refractivity contribution >= 4 is 63.4 Å². The highest BCUT2D eigenvalue weighted by atomic mass is 35.5. The van der Waals surface area contributed by atoms with Crippen molar-refractivity contribution < 1.29 is 19.1 Å². The van der Waals surface area contributed by atoms with Crippen molar-refractivity contribution in [1.29, 1.82) is 0 Å². The quantitative estimate of drug-likeness (QED) is 0.605. The lowest BCUT2D eigenvalue weighted by molar-refractivity contribution is -0.130. The smallest absolute Gasteiger partial charge is 0.409 e. The number of hydrogen-bond acceptors (Lipinski definition) is 7. The van der Waals surface area contributed by atoms with E-state index in [1.165, 1.54) is 11.3 Å². The molecule has 2 aliphatic heterocycles. The fourth-order valence-electron chi connectivity index (χ4n) is 4.09. The SMILES string of the molecule is CCOC(=O)N1CCN(C(=O)Nc2nc(CC(=O)N3CCN(c4ccc(Cl)c(Cl)c4)CC3)cs2)CC1. The summed E-state index contributed by atoms with van der Waals surface area (Å²) in [5.74, 6) is 0.00190. The topological polar surface area (TPSA) is 98.3 Å². The van der Waals surface area contributed by atoms with Crippen LogP contribution in [0.2, 0.25) is 10.0 Å². The van der Waals surface area contributed by atoms with Crippen molar-refractivity contribution in [3.05, 3.63) is 39.3 Å². The Bertz CT molecular complexity index is 1100. The number of carbonyl (C=O) groups is 3. The van der Waals surface area contributed by atoms with E-state index in [9.17, 15) is 14.4 Å². The number of amides is 4. The number of urea groups is 1. The highest BCUT2D eigenvalue weighted by Crippen LogP contribution is 2.28. The van der Waals surface area contributed by atoms with Crippen LogP contribution >= 0.6 is 34.5 Å². The van der Waals surface area contributed by atoms with Crippen molar-refractivity contribution in [2.75, 3.05) is 69.2 Å². The van der Waals surface area contributed by atoms with Gasteiger partial charge in [0.05, 0.1) is 28.8 Å². The molecule has 194 valence electrons. The highest BCUT2D eigenvalue weighted by molar-refractivity contribution is 7.13. The van der Waals surface area contributed by atoms with E-state index in [0.717, 1.165) is 5.69 Å². The summed E-state index contributed by atoms with van der Waals surface area (Å²) in [6.07, 6.45) is -0.181. The van der Waals surface area contributed by atoms with Gasteiger partial charge < -0.3 is 24.3 Å². The van der Waals surface area contributed by atoms with Gasteiger partial charge in [0.25, 0.3) is 0 Å². The summed E-state index contributed by atoms with van der Waals surface area (Å²) in [6.45, 7) is 6.35. The number of benzene rings is 1. The lowest BCUT2D eigenvalue weighted by atomic mass is 10.2. The monoisotopic (exact) mass is 554 g/mol. The number of piperazine rings is 2. The van der Waals surface area contributed by atoms with Crippen molar-refractivity contribution in [2.24, 2.45) is 0 Å². The van der Waals surface area contributed by atoms with Gasteiger partial charge in [-0.25, -0.2) is 14.6 Å². The third-order valence-corrected chi connectivity index (χ3v) is 7.64. The molecule has 0 aliphatic carbocycles. The Labute approximate surface area is 223 Å². The second kappa shape index (κ2) is 12.0. The van der Waals surface area contributed by atoms with Gasteiger partial charge in [0.15, 0.2) is 5.13 Å². The van der Waals surface area contributed by atoms with Crippen molar-refractivity contribution in [1.82, 2.24) is 19.7 Å². The molecule has 1 aromatic heterocycles. The first-order valence-electron chi connectivity index (χ1n) is 11.7. The average molecular weight is 555 g/mol. The minimum atomic E-state index is -0.359. The lowest BCUT2D eigenvalue weighted by Gasteiger charge is -2.36. The number of nitrogens with one attached hydrogen (secondary N) is 1. The average Bonchev–Trinajstić information content (AvgIpc) is 3.32. The summed E-state index contributed by atoms with van der Waals surface area (Å²) < 4.78 is 5.00. The van der Waals surface area contributed by atoms with Crippen LogP contribution < -0.4 is 10.2 Å². The van der Waals surface area contributed by atoms with Gasteiger partial charge in [-0.05, 0) is 25.1 Å². The lowest BCUT2D eigenvalue weighted by Crippen LogP contribution is -2.51. The van der Waals surface area contributed by atoms with E-state index in [1.54, 1.807) is 28.2 Å².